The Morgan fingerprint density at radius 3 is 2.80 bits per heavy atom. The van der Waals surface area contributed by atoms with E-state index in [9.17, 15) is 14.9 Å². The Morgan fingerprint density at radius 2 is 2.20 bits per heavy atom. The molecule has 0 saturated heterocycles. The van der Waals surface area contributed by atoms with Crippen LogP contribution in [0, 0.1) is 16.0 Å². The summed E-state index contributed by atoms with van der Waals surface area (Å²) in [6.07, 6.45) is 3.52. The second-order valence-corrected chi connectivity index (χ2v) is 5.41. The minimum Gasteiger partial charge on any atom is -0.296 e. The molecule has 5 heteroatoms. The van der Waals surface area contributed by atoms with E-state index in [0.717, 1.165) is 25.4 Å². The molecule has 0 atom stereocenters. The fraction of sp³-hybridized carbons (Fsp3) is 0.533. The summed E-state index contributed by atoms with van der Waals surface area (Å²) in [5, 5.41) is 10.7. The topological polar surface area (TPSA) is 63.5 Å². The fourth-order valence-electron chi connectivity index (χ4n) is 2.30. The number of hydrogen-bond donors (Lipinski definition) is 0. The van der Waals surface area contributed by atoms with E-state index in [1.165, 1.54) is 25.0 Å². The van der Waals surface area contributed by atoms with Crippen molar-refractivity contribution in [2.24, 2.45) is 5.92 Å². The quantitative estimate of drug-likeness (QED) is 0.416. The molecule has 0 spiro atoms. The highest BCUT2D eigenvalue weighted by Crippen LogP contribution is 2.29. The molecule has 0 heterocycles. The first-order valence-corrected chi connectivity index (χ1v) is 7.10. The lowest BCUT2D eigenvalue weighted by atomic mass is 10.1. The van der Waals surface area contributed by atoms with Crippen molar-refractivity contribution < 1.29 is 9.72 Å². The van der Waals surface area contributed by atoms with Crippen molar-refractivity contribution in [1.82, 2.24) is 4.90 Å². The average Bonchev–Trinajstić information content (AvgIpc) is 3.23. The molecule has 2 rings (SSSR count). The number of carbonyl (C=O) groups is 1. The van der Waals surface area contributed by atoms with E-state index in [1.54, 1.807) is 12.1 Å². The number of nitrogens with zero attached hydrogens (tertiary/aromatic N) is 2. The monoisotopic (exact) mass is 276 g/mol. The van der Waals surface area contributed by atoms with E-state index >= 15 is 0 Å². The van der Waals surface area contributed by atoms with Crippen LogP contribution in [-0.2, 0) is 0 Å². The first kappa shape index (κ1) is 14.7. The second-order valence-electron chi connectivity index (χ2n) is 5.41. The van der Waals surface area contributed by atoms with Crippen LogP contribution in [-0.4, -0.2) is 35.2 Å². The van der Waals surface area contributed by atoms with Crippen molar-refractivity contribution in [2.75, 3.05) is 19.6 Å². The largest absolute Gasteiger partial charge is 0.296 e. The van der Waals surface area contributed by atoms with Crippen LogP contribution in [0.4, 0.5) is 5.69 Å². The third kappa shape index (κ3) is 4.13. The number of carbonyl (C=O) groups excluding carboxylic acids is 1. The minimum atomic E-state index is -0.467. The molecule has 0 unspecified atom stereocenters. The molecule has 0 aliphatic heterocycles. The van der Waals surface area contributed by atoms with Gasteiger partial charge in [-0.3, -0.25) is 19.8 Å². The fourth-order valence-corrected chi connectivity index (χ4v) is 2.30. The molecule has 1 saturated carbocycles. The van der Waals surface area contributed by atoms with Crippen molar-refractivity contribution in [3.63, 3.8) is 0 Å². The molecule has 1 aromatic rings. The Balaban J connectivity index is 2.01. The zero-order chi connectivity index (χ0) is 14.5. The summed E-state index contributed by atoms with van der Waals surface area (Å²) in [7, 11) is 0. The Kier molecular flexibility index (Phi) is 4.84. The highest BCUT2D eigenvalue weighted by molar-refractivity contribution is 5.98. The van der Waals surface area contributed by atoms with Crippen LogP contribution in [0.15, 0.2) is 24.3 Å². The van der Waals surface area contributed by atoms with Gasteiger partial charge >= 0.3 is 0 Å². The zero-order valence-electron chi connectivity index (χ0n) is 11.7. The van der Waals surface area contributed by atoms with Gasteiger partial charge in [0, 0.05) is 24.2 Å². The summed E-state index contributed by atoms with van der Waals surface area (Å²) in [4.78, 5) is 24.7. The van der Waals surface area contributed by atoms with E-state index in [1.807, 2.05) is 0 Å². The normalized spacial score (nSPS) is 14.5. The molecule has 1 aromatic carbocycles. The zero-order valence-corrected chi connectivity index (χ0v) is 11.7. The van der Waals surface area contributed by atoms with E-state index in [-0.39, 0.29) is 11.5 Å². The van der Waals surface area contributed by atoms with Gasteiger partial charge in [0.05, 0.1) is 11.5 Å². The van der Waals surface area contributed by atoms with Gasteiger partial charge in [-0.25, -0.2) is 0 Å². The molecular weight excluding hydrogens is 256 g/mol. The molecule has 0 N–H and O–H groups in total. The number of hydrogen-bond acceptors (Lipinski definition) is 4. The summed E-state index contributed by atoms with van der Waals surface area (Å²) in [6, 6.07) is 5.99. The molecule has 1 aliphatic rings. The van der Waals surface area contributed by atoms with Gasteiger partial charge in [-0.1, -0.05) is 19.1 Å². The number of nitro benzene ring substituents is 1. The molecule has 108 valence electrons. The van der Waals surface area contributed by atoms with Gasteiger partial charge in [-0.05, 0) is 31.7 Å². The average molecular weight is 276 g/mol. The van der Waals surface area contributed by atoms with E-state index < -0.39 is 4.92 Å². The van der Waals surface area contributed by atoms with Crippen LogP contribution >= 0.6 is 0 Å². The standard InChI is InChI=1S/C15H20N2O3/c1-2-8-16(10-12-6-7-12)11-15(18)13-4-3-5-14(9-13)17(19)20/h3-5,9,12H,2,6-8,10-11H2,1H3. The molecule has 0 amide bonds. The number of benzene rings is 1. The maximum atomic E-state index is 12.2. The van der Waals surface area contributed by atoms with Crippen molar-refractivity contribution in [2.45, 2.75) is 26.2 Å². The predicted octanol–water partition coefficient (Wildman–Crippen LogP) is 2.90. The number of rotatable bonds is 8. The molecule has 0 bridgehead atoms. The summed E-state index contributed by atoms with van der Waals surface area (Å²) in [5.41, 5.74) is 0.399. The van der Waals surface area contributed by atoms with Crippen molar-refractivity contribution in [1.29, 1.82) is 0 Å². The number of nitro groups is 1. The first-order valence-electron chi connectivity index (χ1n) is 7.10. The highest BCUT2D eigenvalue weighted by atomic mass is 16.6. The maximum absolute atomic E-state index is 12.2. The summed E-state index contributed by atoms with van der Waals surface area (Å²) < 4.78 is 0. The second kappa shape index (κ2) is 6.61. The summed E-state index contributed by atoms with van der Waals surface area (Å²) >= 11 is 0. The molecule has 5 nitrogen and oxygen atoms in total. The molecule has 0 radical (unpaired) electrons. The lowest BCUT2D eigenvalue weighted by molar-refractivity contribution is -0.384. The number of ketones is 1. The number of non-ortho nitro benzene ring substituents is 1. The van der Waals surface area contributed by atoms with E-state index in [0.29, 0.717) is 12.1 Å². The van der Waals surface area contributed by atoms with E-state index in [2.05, 4.69) is 11.8 Å². The first-order chi connectivity index (χ1) is 9.60. The Hall–Kier alpha value is -1.75. The SMILES string of the molecule is CCCN(CC(=O)c1cccc([N+](=O)[O-])c1)CC1CC1. The van der Waals surface area contributed by atoms with Gasteiger partial charge in [0.25, 0.3) is 5.69 Å². The predicted molar refractivity (Wildman–Crippen MR) is 76.9 cm³/mol. The van der Waals surface area contributed by atoms with Crippen molar-refractivity contribution >= 4 is 11.5 Å². The van der Waals surface area contributed by atoms with Gasteiger partial charge in [0.15, 0.2) is 5.78 Å². The van der Waals surface area contributed by atoms with Crippen LogP contribution in [0.25, 0.3) is 0 Å². The Labute approximate surface area is 118 Å². The number of Topliss-reactive ketones (excluding diaryl/α,β-unsaturated/α-hetero) is 1. The van der Waals surface area contributed by atoms with Gasteiger partial charge in [0.2, 0.25) is 0 Å². The molecule has 20 heavy (non-hydrogen) atoms. The van der Waals surface area contributed by atoms with Crippen LogP contribution in [0.1, 0.15) is 36.5 Å². The lowest BCUT2D eigenvalue weighted by Crippen LogP contribution is -2.32. The Bertz CT molecular complexity index is 498. The lowest BCUT2D eigenvalue weighted by Gasteiger charge is -2.20. The van der Waals surface area contributed by atoms with Crippen LogP contribution in [0.5, 0.6) is 0 Å². The molecule has 0 aromatic heterocycles. The summed E-state index contributed by atoms with van der Waals surface area (Å²) in [6.45, 7) is 4.31. The third-order valence-corrected chi connectivity index (χ3v) is 3.50. The van der Waals surface area contributed by atoms with Gasteiger partial charge in [-0.2, -0.15) is 0 Å². The molecule has 1 fully saturated rings. The Morgan fingerprint density at radius 1 is 1.45 bits per heavy atom. The third-order valence-electron chi connectivity index (χ3n) is 3.50. The summed E-state index contributed by atoms with van der Waals surface area (Å²) in [5.74, 6) is 0.697. The van der Waals surface area contributed by atoms with E-state index in [4.69, 9.17) is 0 Å². The van der Waals surface area contributed by atoms with Crippen LogP contribution in [0.3, 0.4) is 0 Å². The maximum Gasteiger partial charge on any atom is 0.270 e. The van der Waals surface area contributed by atoms with Crippen molar-refractivity contribution in [3.05, 3.63) is 39.9 Å². The van der Waals surface area contributed by atoms with Crippen LogP contribution < -0.4 is 0 Å². The van der Waals surface area contributed by atoms with Gasteiger partial charge in [-0.15, -0.1) is 0 Å². The van der Waals surface area contributed by atoms with Gasteiger partial charge < -0.3 is 0 Å². The van der Waals surface area contributed by atoms with Crippen molar-refractivity contribution in [3.8, 4) is 0 Å². The molecule has 1 aliphatic carbocycles. The van der Waals surface area contributed by atoms with Gasteiger partial charge in [0.1, 0.15) is 0 Å². The van der Waals surface area contributed by atoms with Crippen LogP contribution in [0.2, 0.25) is 0 Å². The highest BCUT2D eigenvalue weighted by Gasteiger charge is 2.25. The smallest absolute Gasteiger partial charge is 0.270 e. The minimum absolute atomic E-state index is 0.0277. The molecular formula is C15H20N2O3.